The third-order valence-electron chi connectivity index (χ3n) is 4.64. The van der Waals surface area contributed by atoms with Crippen LogP contribution in [0.3, 0.4) is 0 Å². The van der Waals surface area contributed by atoms with E-state index in [1.165, 1.54) is 0 Å². The molecule has 1 atom stereocenters. The number of aromatic hydroxyl groups is 1. The van der Waals surface area contributed by atoms with E-state index < -0.39 is 6.04 Å². The fourth-order valence-corrected chi connectivity index (χ4v) is 3.06. The number of benzene rings is 2. The van der Waals surface area contributed by atoms with Crippen molar-refractivity contribution in [2.45, 2.75) is 19.9 Å². The molecule has 1 aromatic heterocycles. The molecule has 0 aliphatic carbocycles. The number of nitrogens with zero attached hydrogens (tertiary/aromatic N) is 1. The van der Waals surface area contributed by atoms with Crippen LogP contribution in [0.4, 0.5) is 0 Å². The Morgan fingerprint density at radius 2 is 1.82 bits per heavy atom. The Kier molecular flexibility index (Phi) is 5.68. The molecule has 146 valence electrons. The Morgan fingerprint density at radius 1 is 1.07 bits per heavy atom. The molecular weight excluding hydrogens is 356 g/mol. The molecule has 28 heavy (non-hydrogen) atoms. The average Bonchev–Trinajstić information content (AvgIpc) is 2.72. The molecule has 0 spiro atoms. The number of pyridine rings is 1. The summed E-state index contributed by atoms with van der Waals surface area (Å²) in [5, 5.41) is 14.7. The van der Waals surface area contributed by atoms with Gasteiger partial charge in [0.2, 0.25) is 5.91 Å². The number of hydrogen-bond donors (Lipinski definition) is 2. The Bertz CT molecular complexity index is 1000. The van der Waals surface area contributed by atoms with Crippen LogP contribution in [-0.4, -0.2) is 30.2 Å². The molecule has 6 nitrogen and oxygen atoms in total. The molecule has 3 aromatic rings. The van der Waals surface area contributed by atoms with Gasteiger partial charge in [0.1, 0.15) is 11.3 Å². The summed E-state index contributed by atoms with van der Waals surface area (Å²) < 4.78 is 10.7. The molecule has 0 bridgehead atoms. The van der Waals surface area contributed by atoms with Crippen molar-refractivity contribution in [3.05, 3.63) is 59.8 Å². The van der Waals surface area contributed by atoms with Crippen LogP contribution in [-0.2, 0) is 4.79 Å². The van der Waals surface area contributed by atoms with Gasteiger partial charge in [0.15, 0.2) is 11.5 Å². The highest BCUT2D eigenvalue weighted by molar-refractivity contribution is 5.86. The number of ether oxygens (including phenoxy) is 2. The van der Waals surface area contributed by atoms with Crippen LogP contribution in [0.1, 0.15) is 31.0 Å². The zero-order valence-corrected chi connectivity index (χ0v) is 16.4. The number of phenols is 1. The van der Waals surface area contributed by atoms with Gasteiger partial charge in [-0.25, -0.2) is 0 Å². The largest absolute Gasteiger partial charge is 0.505 e. The van der Waals surface area contributed by atoms with Crippen molar-refractivity contribution in [1.82, 2.24) is 10.3 Å². The van der Waals surface area contributed by atoms with Gasteiger partial charge in [-0.05, 0) is 23.8 Å². The minimum absolute atomic E-state index is 0.0435. The van der Waals surface area contributed by atoms with Gasteiger partial charge in [-0.2, -0.15) is 0 Å². The van der Waals surface area contributed by atoms with Crippen LogP contribution < -0.4 is 14.8 Å². The van der Waals surface area contributed by atoms with E-state index in [4.69, 9.17) is 9.47 Å². The molecule has 2 N–H and O–H groups in total. The van der Waals surface area contributed by atoms with E-state index in [2.05, 4.69) is 10.3 Å². The van der Waals surface area contributed by atoms with Crippen molar-refractivity contribution in [2.24, 2.45) is 5.92 Å². The summed E-state index contributed by atoms with van der Waals surface area (Å²) in [5.41, 5.74) is 1.81. The SMILES string of the molecule is COc1ccc([C@H](NC(=O)C(C)C)c2ccc3cccnc3c2O)cc1OC. The van der Waals surface area contributed by atoms with Crippen molar-refractivity contribution < 1.29 is 19.4 Å². The van der Waals surface area contributed by atoms with E-state index in [9.17, 15) is 9.90 Å². The summed E-state index contributed by atoms with van der Waals surface area (Å²) in [4.78, 5) is 16.8. The predicted octanol–water partition coefficient (Wildman–Crippen LogP) is 3.82. The molecule has 3 rings (SSSR count). The number of rotatable bonds is 6. The first-order valence-electron chi connectivity index (χ1n) is 9.05. The number of carbonyl (C=O) groups excluding carboxylic acids is 1. The molecule has 2 aromatic carbocycles. The Labute approximate surface area is 164 Å². The van der Waals surface area contributed by atoms with Crippen molar-refractivity contribution >= 4 is 16.8 Å². The summed E-state index contributed by atoms with van der Waals surface area (Å²) in [7, 11) is 3.12. The van der Waals surface area contributed by atoms with Crippen molar-refractivity contribution in [3.63, 3.8) is 0 Å². The minimum atomic E-state index is -0.568. The molecule has 0 unspecified atom stereocenters. The van der Waals surface area contributed by atoms with Gasteiger partial charge < -0.3 is 19.9 Å². The lowest BCUT2D eigenvalue weighted by molar-refractivity contribution is -0.124. The second-order valence-corrected chi connectivity index (χ2v) is 6.79. The number of aromatic nitrogens is 1. The molecule has 6 heteroatoms. The lowest BCUT2D eigenvalue weighted by Gasteiger charge is -2.23. The summed E-state index contributed by atoms with van der Waals surface area (Å²) in [6.07, 6.45) is 1.63. The number of fused-ring (bicyclic) bond motifs is 1. The maximum atomic E-state index is 12.5. The van der Waals surface area contributed by atoms with Crippen molar-refractivity contribution in [1.29, 1.82) is 0 Å². The van der Waals surface area contributed by atoms with E-state index >= 15 is 0 Å². The minimum Gasteiger partial charge on any atom is -0.505 e. The maximum Gasteiger partial charge on any atom is 0.223 e. The summed E-state index contributed by atoms with van der Waals surface area (Å²) in [5.74, 6) is 0.845. The van der Waals surface area contributed by atoms with Gasteiger partial charge in [0.05, 0.1) is 20.3 Å². The van der Waals surface area contributed by atoms with Crippen LogP contribution in [0, 0.1) is 5.92 Å². The molecule has 0 aliphatic rings. The van der Waals surface area contributed by atoms with Gasteiger partial charge >= 0.3 is 0 Å². The standard InChI is InChI=1S/C22H24N2O4/c1-13(2)22(26)24-19(15-8-10-17(27-3)18(12-15)28-4)16-9-7-14-6-5-11-23-20(14)21(16)25/h5-13,19,25H,1-4H3,(H,24,26)/t19-/m0/s1. The zero-order valence-electron chi connectivity index (χ0n) is 16.4. The third kappa shape index (κ3) is 3.71. The fraction of sp³-hybridized carbons (Fsp3) is 0.273. The molecule has 0 saturated carbocycles. The molecule has 0 aliphatic heterocycles. The quantitative estimate of drug-likeness (QED) is 0.679. The monoisotopic (exact) mass is 380 g/mol. The van der Waals surface area contributed by atoms with Crippen LogP contribution >= 0.6 is 0 Å². The van der Waals surface area contributed by atoms with Crippen LogP contribution in [0.2, 0.25) is 0 Å². The highest BCUT2D eigenvalue weighted by Gasteiger charge is 2.24. The fourth-order valence-electron chi connectivity index (χ4n) is 3.06. The first-order valence-corrected chi connectivity index (χ1v) is 9.05. The van der Waals surface area contributed by atoms with Crippen LogP contribution in [0.25, 0.3) is 10.9 Å². The third-order valence-corrected chi connectivity index (χ3v) is 4.64. The summed E-state index contributed by atoms with van der Waals surface area (Å²) in [6, 6.07) is 12.2. The van der Waals surface area contributed by atoms with E-state index in [-0.39, 0.29) is 17.6 Å². The second-order valence-electron chi connectivity index (χ2n) is 6.79. The number of hydrogen-bond acceptors (Lipinski definition) is 5. The number of carbonyl (C=O) groups is 1. The second kappa shape index (κ2) is 8.17. The highest BCUT2D eigenvalue weighted by Crippen LogP contribution is 2.37. The van der Waals surface area contributed by atoms with Gasteiger partial charge in [0, 0.05) is 23.1 Å². The van der Waals surface area contributed by atoms with Crippen molar-refractivity contribution in [3.8, 4) is 17.2 Å². The zero-order chi connectivity index (χ0) is 20.3. The lowest BCUT2D eigenvalue weighted by atomic mass is 9.95. The normalized spacial score (nSPS) is 12.0. The average molecular weight is 380 g/mol. The molecule has 1 amide bonds. The van der Waals surface area contributed by atoms with Gasteiger partial charge in [-0.15, -0.1) is 0 Å². The van der Waals surface area contributed by atoms with Gasteiger partial charge in [-0.1, -0.05) is 38.1 Å². The molecule has 0 radical (unpaired) electrons. The first kappa shape index (κ1) is 19.5. The van der Waals surface area contributed by atoms with Gasteiger partial charge in [0.25, 0.3) is 0 Å². The number of methoxy groups -OCH3 is 2. The number of phenolic OH excluding ortho intramolecular Hbond substituents is 1. The smallest absolute Gasteiger partial charge is 0.223 e. The molecule has 1 heterocycles. The lowest BCUT2D eigenvalue weighted by Crippen LogP contribution is -2.32. The first-order chi connectivity index (χ1) is 13.5. The van der Waals surface area contributed by atoms with E-state index in [1.54, 1.807) is 38.6 Å². The summed E-state index contributed by atoms with van der Waals surface area (Å²) in [6.45, 7) is 3.64. The van der Waals surface area contributed by atoms with E-state index in [0.717, 1.165) is 10.9 Å². The Hall–Kier alpha value is -3.28. The van der Waals surface area contributed by atoms with Crippen LogP contribution in [0.5, 0.6) is 17.2 Å². The topological polar surface area (TPSA) is 80.7 Å². The van der Waals surface area contributed by atoms with E-state index in [1.807, 2.05) is 38.1 Å². The predicted molar refractivity (Wildman–Crippen MR) is 108 cm³/mol. The number of nitrogens with one attached hydrogen (secondary N) is 1. The molecular formula is C22H24N2O4. The van der Waals surface area contributed by atoms with Crippen molar-refractivity contribution in [2.75, 3.05) is 14.2 Å². The van der Waals surface area contributed by atoms with Crippen LogP contribution in [0.15, 0.2) is 48.7 Å². The van der Waals surface area contributed by atoms with Gasteiger partial charge in [-0.3, -0.25) is 9.78 Å². The molecule has 0 fully saturated rings. The van der Waals surface area contributed by atoms with E-state index in [0.29, 0.717) is 22.6 Å². The Balaban J connectivity index is 2.15. The highest BCUT2D eigenvalue weighted by atomic mass is 16.5. The summed E-state index contributed by atoms with van der Waals surface area (Å²) >= 11 is 0. The Morgan fingerprint density at radius 3 is 2.50 bits per heavy atom. The maximum absolute atomic E-state index is 12.5. The molecule has 0 saturated heterocycles. The number of amides is 1.